The van der Waals surface area contributed by atoms with E-state index in [1.165, 1.54) is 0 Å². The molecule has 0 atom stereocenters. The third-order valence-electron chi connectivity index (χ3n) is 1.43. The van der Waals surface area contributed by atoms with E-state index in [1.54, 1.807) is 17.8 Å². The molecular formula is C12H8O6. The van der Waals surface area contributed by atoms with Gasteiger partial charge >= 0.3 is 17.9 Å². The van der Waals surface area contributed by atoms with Crippen LogP contribution in [0, 0.1) is 37.0 Å². The minimum absolute atomic E-state index is 0.408. The molecule has 0 rings (SSSR count). The van der Waals surface area contributed by atoms with Crippen molar-refractivity contribution in [3.8, 4) is 37.0 Å². The van der Waals surface area contributed by atoms with Crippen LogP contribution in [0.3, 0.4) is 0 Å². The monoisotopic (exact) mass is 248 g/mol. The maximum Gasteiger partial charge on any atom is 0.384 e. The maximum atomic E-state index is 10.8. The van der Waals surface area contributed by atoms with Gasteiger partial charge in [0.25, 0.3) is 0 Å². The Morgan fingerprint density at radius 2 is 1.22 bits per heavy atom. The Balaban J connectivity index is 4.35. The average Bonchev–Trinajstić information content (AvgIpc) is 2.40. The molecule has 0 amide bonds. The number of rotatable bonds is 5. The molecule has 0 radical (unpaired) electrons. The second-order valence-corrected chi connectivity index (χ2v) is 2.66. The fourth-order valence-electron chi connectivity index (χ4n) is 0.722. The van der Waals surface area contributed by atoms with Crippen LogP contribution in [-0.2, 0) is 28.6 Å². The van der Waals surface area contributed by atoms with Gasteiger partial charge in [-0.15, -0.1) is 19.3 Å². The lowest BCUT2D eigenvalue weighted by Gasteiger charge is -2.15. The van der Waals surface area contributed by atoms with Crippen LogP contribution in [0.5, 0.6) is 0 Å². The zero-order valence-electron chi connectivity index (χ0n) is 9.17. The van der Waals surface area contributed by atoms with Gasteiger partial charge in [-0.05, 0) is 0 Å². The zero-order valence-corrected chi connectivity index (χ0v) is 9.17. The third kappa shape index (κ3) is 6.55. The summed E-state index contributed by atoms with van der Waals surface area (Å²) in [5, 5.41) is 0. The van der Waals surface area contributed by atoms with Crippen molar-refractivity contribution in [2.45, 2.75) is 6.10 Å². The van der Waals surface area contributed by atoms with Crippen LogP contribution in [0.15, 0.2) is 0 Å². The van der Waals surface area contributed by atoms with E-state index in [2.05, 4.69) is 14.2 Å². The Bertz CT molecular complexity index is 426. The van der Waals surface area contributed by atoms with Crippen molar-refractivity contribution in [1.82, 2.24) is 0 Å². The fraction of sp³-hybridized carbons (Fsp3) is 0.250. The van der Waals surface area contributed by atoms with Gasteiger partial charge in [0, 0.05) is 17.8 Å². The van der Waals surface area contributed by atoms with E-state index in [9.17, 15) is 14.4 Å². The predicted molar refractivity (Wildman–Crippen MR) is 58.3 cm³/mol. The van der Waals surface area contributed by atoms with E-state index in [1.807, 2.05) is 0 Å². The summed E-state index contributed by atoms with van der Waals surface area (Å²) in [5.41, 5.74) is 0. The van der Waals surface area contributed by atoms with Crippen LogP contribution in [0.25, 0.3) is 0 Å². The molecule has 0 saturated heterocycles. The molecule has 0 aromatic carbocycles. The van der Waals surface area contributed by atoms with Gasteiger partial charge in [-0.25, -0.2) is 14.4 Å². The molecule has 6 heteroatoms. The van der Waals surface area contributed by atoms with Crippen molar-refractivity contribution in [3.05, 3.63) is 0 Å². The van der Waals surface area contributed by atoms with Gasteiger partial charge in [0.15, 0.2) is 6.10 Å². The van der Waals surface area contributed by atoms with Gasteiger partial charge in [-0.1, -0.05) is 0 Å². The van der Waals surface area contributed by atoms with Crippen LogP contribution < -0.4 is 0 Å². The Morgan fingerprint density at radius 3 is 1.56 bits per heavy atom. The second kappa shape index (κ2) is 8.27. The fourth-order valence-corrected chi connectivity index (χ4v) is 0.722. The average molecular weight is 248 g/mol. The topological polar surface area (TPSA) is 78.9 Å². The van der Waals surface area contributed by atoms with Crippen LogP contribution in [0.1, 0.15) is 0 Å². The van der Waals surface area contributed by atoms with Crippen LogP contribution >= 0.6 is 0 Å². The molecular weight excluding hydrogens is 240 g/mol. The molecule has 0 fully saturated rings. The quantitative estimate of drug-likeness (QED) is 0.265. The van der Waals surface area contributed by atoms with Gasteiger partial charge < -0.3 is 14.2 Å². The van der Waals surface area contributed by atoms with Crippen LogP contribution in [0.4, 0.5) is 0 Å². The molecule has 92 valence electrons. The SMILES string of the molecule is C#CC(=O)OCC(COC(=O)C#C)OC(=O)C#C. The predicted octanol–water partition coefficient (Wildman–Crippen LogP) is -1.12. The summed E-state index contributed by atoms with van der Waals surface area (Å²) in [7, 11) is 0. The standard InChI is InChI=1S/C12H8O6/c1-4-10(13)16-7-9(18-12(15)6-3)8-17-11(14)5-2/h1-3,9H,7-8H2. The van der Waals surface area contributed by atoms with Gasteiger partial charge in [0.1, 0.15) is 13.2 Å². The van der Waals surface area contributed by atoms with Gasteiger partial charge in [-0.3, -0.25) is 0 Å². The lowest BCUT2D eigenvalue weighted by Crippen LogP contribution is -2.30. The molecule has 0 aliphatic carbocycles. The van der Waals surface area contributed by atoms with Gasteiger partial charge in [-0.2, -0.15) is 0 Å². The maximum absolute atomic E-state index is 10.8. The molecule has 0 aromatic heterocycles. The van der Waals surface area contributed by atoms with Crippen LogP contribution in [0.2, 0.25) is 0 Å². The number of carbonyl (C=O) groups excluding carboxylic acids is 3. The number of hydrogen-bond acceptors (Lipinski definition) is 6. The highest BCUT2D eigenvalue weighted by atomic mass is 16.6. The van der Waals surface area contributed by atoms with Crippen molar-refractivity contribution < 1.29 is 28.6 Å². The highest BCUT2D eigenvalue weighted by Crippen LogP contribution is 1.97. The van der Waals surface area contributed by atoms with Gasteiger partial charge in [0.05, 0.1) is 0 Å². The Hall–Kier alpha value is -2.91. The molecule has 0 unspecified atom stereocenters. The second-order valence-electron chi connectivity index (χ2n) is 2.66. The number of ether oxygens (including phenoxy) is 3. The number of terminal acetylenes is 3. The first kappa shape index (κ1) is 15.1. The smallest absolute Gasteiger partial charge is 0.384 e. The van der Waals surface area contributed by atoms with Crippen molar-refractivity contribution in [3.63, 3.8) is 0 Å². The molecule has 0 aromatic rings. The van der Waals surface area contributed by atoms with E-state index in [0.29, 0.717) is 0 Å². The first-order valence-corrected chi connectivity index (χ1v) is 4.47. The van der Waals surface area contributed by atoms with Crippen molar-refractivity contribution >= 4 is 17.9 Å². The lowest BCUT2D eigenvalue weighted by atomic mass is 10.4. The molecule has 0 bridgehead atoms. The minimum atomic E-state index is -1.08. The highest BCUT2D eigenvalue weighted by Gasteiger charge is 2.17. The molecule has 0 N–H and O–H groups in total. The van der Waals surface area contributed by atoms with Crippen molar-refractivity contribution in [2.75, 3.05) is 13.2 Å². The van der Waals surface area contributed by atoms with E-state index in [4.69, 9.17) is 19.3 Å². The van der Waals surface area contributed by atoms with Crippen molar-refractivity contribution in [1.29, 1.82) is 0 Å². The van der Waals surface area contributed by atoms with Gasteiger partial charge in [0.2, 0.25) is 0 Å². The number of hydrogen-bond donors (Lipinski definition) is 0. The summed E-state index contributed by atoms with van der Waals surface area (Å²) in [6, 6.07) is 0. The highest BCUT2D eigenvalue weighted by molar-refractivity contribution is 5.89. The third-order valence-corrected chi connectivity index (χ3v) is 1.43. The number of carbonyl (C=O) groups is 3. The Labute approximate surface area is 104 Å². The number of esters is 3. The minimum Gasteiger partial charge on any atom is -0.452 e. The van der Waals surface area contributed by atoms with E-state index < -0.39 is 37.2 Å². The summed E-state index contributed by atoms with van der Waals surface area (Å²) in [6.45, 7) is -0.817. The molecule has 0 aliphatic rings. The van der Waals surface area contributed by atoms with E-state index in [0.717, 1.165) is 0 Å². The van der Waals surface area contributed by atoms with E-state index >= 15 is 0 Å². The Morgan fingerprint density at radius 1 is 0.833 bits per heavy atom. The van der Waals surface area contributed by atoms with Crippen molar-refractivity contribution in [2.24, 2.45) is 0 Å². The molecule has 0 saturated carbocycles. The van der Waals surface area contributed by atoms with Crippen LogP contribution in [-0.4, -0.2) is 37.2 Å². The summed E-state index contributed by atoms with van der Waals surface area (Å²) in [5.74, 6) is 2.12. The largest absolute Gasteiger partial charge is 0.452 e. The normalized spacial score (nSPS) is 8.33. The summed E-state index contributed by atoms with van der Waals surface area (Å²) in [4.78, 5) is 32.2. The Kier molecular flexibility index (Phi) is 6.93. The first-order chi connectivity index (χ1) is 8.53. The summed E-state index contributed by atoms with van der Waals surface area (Å²) in [6.07, 6.45) is 13.2. The lowest BCUT2D eigenvalue weighted by molar-refractivity contribution is -0.158. The molecule has 6 nitrogen and oxygen atoms in total. The molecule has 0 spiro atoms. The zero-order chi connectivity index (χ0) is 14.0. The summed E-state index contributed by atoms with van der Waals surface area (Å²) < 4.78 is 13.6. The molecule has 18 heavy (non-hydrogen) atoms. The first-order valence-electron chi connectivity index (χ1n) is 4.47. The van der Waals surface area contributed by atoms with E-state index in [-0.39, 0.29) is 0 Å². The molecule has 0 aliphatic heterocycles. The summed E-state index contributed by atoms with van der Waals surface area (Å²) >= 11 is 0. The molecule has 0 heterocycles.